The fraction of sp³-hybridized carbons (Fsp3) is 0.833. The van der Waals surface area contributed by atoms with Gasteiger partial charge in [0.15, 0.2) is 5.82 Å². The van der Waals surface area contributed by atoms with Crippen molar-refractivity contribution in [2.75, 3.05) is 6.61 Å². The van der Waals surface area contributed by atoms with Gasteiger partial charge in [0.2, 0.25) is 11.8 Å². The SMILES string of the molecule is CCO[C@@H](C)c1noc(C23C[C@H]4C[C@@H](CC(NC(C)=O)(C4)C2)C3)n1. The average Bonchev–Trinajstić information content (AvgIpc) is 2.95. The van der Waals surface area contributed by atoms with Gasteiger partial charge in [0.1, 0.15) is 6.10 Å². The molecule has 0 unspecified atom stereocenters. The smallest absolute Gasteiger partial charge is 0.233 e. The number of nitrogens with one attached hydrogen (secondary N) is 1. The molecule has 4 saturated carbocycles. The first-order valence-corrected chi connectivity index (χ1v) is 9.18. The number of carbonyl (C=O) groups excluding carboxylic acids is 1. The lowest BCUT2D eigenvalue weighted by molar-refractivity contribution is -0.126. The first-order valence-electron chi connectivity index (χ1n) is 9.18. The van der Waals surface area contributed by atoms with Gasteiger partial charge in [-0.25, -0.2) is 0 Å². The van der Waals surface area contributed by atoms with Crippen molar-refractivity contribution in [1.82, 2.24) is 15.5 Å². The van der Waals surface area contributed by atoms with E-state index in [9.17, 15) is 4.79 Å². The molecule has 24 heavy (non-hydrogen) atoms. The van der Waals surface area contributed by atoms with Crippen LogP contribution in [0.15, 0.2) is 4.52 Å². The van der Waals surface area contributed by atoms with Crippen molar-refractivity contribution < 1.29 is 14.1 Å². The van der Waals surface area contributed by atoms with Crippen LogP contribution in [0.25, 0.3) is 0 Å². The van der Waals surface area contributed by atoms with E-state index in [1.807, 2.05) is 13.8 Å². The lowest BCUT2D eigenvalue weighted by Crippen LogP contribution is -2.64. The molecule has 1 N–H and O–H groups in total. The lowest BCUT2D eigenvalue weighted by atomic mass is 9.46. The first kappa shape index (κ1) is 16.1. The number of ether oxygens (including phenoxy) is 1. The van der Waals surface area contributed by atoms with Crippen LogP contribution >= 0.6 is 0 Å². The molecule has 0 aliphatic heterocycles. The molecule has 3 atom stereocenters. The van der Waals surface area contributed by atoms with Crippen LogP contribution in [-0.2, 0) is 14.9 Å². The summed E-state index contributed by atoms with van der Waals surface area (Å²) in [5.74, 6) is 2.77. The molecule has 6 heteroatoms. The number of amides is 1. The molecule has 5 rings (SSSR count). The van der Waals surface area contributed by atoms with Crippen molar-refractivity contribution in [3.63, 3.8) is 0 Å². The van der Waals surface area contributed by atoms with Gasteiger partial charge < -0.3 is 14.6 Å². The number of rotatable bonds is 5. The van der Waals surface area contributed by atoms with Crippen molar-refractivity contribution in [2.45, 2.75) is 76.4 Å². The maximum absolute atomic E-state index is 11.8. The standard InChI is InChI=1S/C18H27N3O3/c1-4-23-11(2)15-19-16(24-21-15)17-6-13-5-14(7-17)9-18(8-13,10-17)20-12(3)22/h11,13-14H,4-10H2,1-3H3,(H,20,22)/t11-,13+,14+,17?,18?/m0/s1. The molecule has 0 spiro atoms. The Morgan fingerprint density at radius 3 is 2.71 bits per heavy atom. The highest BCUT2D eigenvalue weighted by atomic mass is 16.5. The molecule has 1 amide bonds. The third kappa shape index (κ3) is 2.55. The Kier molecular flexibility index (Phi) is 3.71. The maximum atomic E-state index is 11.8. The van der Waals surface area contributed by atoms with Crippen LogP contribution < -0.4 is 5.32 Å². The average molecular weight is 333 g/mol. The summed E-state index contributed by atoms with van der Waals surface area (Å²) in [6, 6.07) is 0. The minimum atomic E-state index is -0.147. The fourth-order valence-corrected chi connectivity index (χ4v) is 5.97. The largest absolute Gasteiger partial charge is 0.371 e. The summed E-state index contributed by atoms with van der Waals surface area (Å²) < 4.78 is 11.3. The Morgan fingerprint density at radius 2 is 2.08 bits per heavy atom. The van der Waals surface area contributed by atoms with Crippen molar-refractivity contribution in [2.24, 2.45) is 11.8 Å². The van der Waals surface area contributed by atoms with Crippen molar-refractivity contribution in [3.05, 3.63) is 11.7 Å². The zero-order chi connectivity index (χ0) is 16.9. The topological polar surface area (TPSA) is 77.3 Å². The van der Waals surface area contributed by atoms with Gasteiger partial charge in [-0.3, -0.25) is 4.79 Å². The minimum absolute atomic E-state index is 0.0658. The zero-order valence-electron chi connectivity index (χ0n) is 14.8. The summed E-state index contributed by atoms with van der Waals surface area (Å²) in [5, 5.41) is 7.46. The van der Waals surface area contributed by atoms with Gasteiger partial charge in [0, 0.05) is 19.1 Å². The van der Waals surface area contributed by atoms with Gasteiger partial charge in [-0.15, -0.1) is 0 Å². The lowest BCUT2D eigenvalue weighted by Gasteiger charge is -2.60. The molecule has 4 aliphatic rings. The Labute approximate surface area is 142 Å². The molecule has 1 heterocycles. The van der Waals surface area contributed by atoms with Gasteiger partial charge in [-0.05, 0) is 64.2 Å². The van der Waals surface area contributed by atoms with E-state index in [0.29, 0.717) is 24.3 Å². The van der Waals surface area contributed by atoms with E-state index in [4.69, 9.17) is 14.2 Å². The van der Waals surface area contributed by atoms with Crippen LogP contribution in [0, 0.1) is 11.8 Å². The molecule has 0 saturated heterocycles. The van der Waals surface area contributed by atoms with Crippen LogP contribution in [0.1, 0.15) is 77.1 Å². The van der Waals surface area contributed by atoms with Gasteiger partial charge in [0.25, 0.3) is 0 Å². The molecule has 1 aromatic rings. The molecule has 1 aromatic heterocycles. The second-order valence-corrected chi connectivity index (χ2v) is 8.26. The third-order valence-electron chi connectivity index (χ3n) is 6.18. The Balaban J connectivity index is 1.64. The highest BCUT2D eigenvalue weighted by molar-refractivity contribution is 5.74. The molecule has 4 fully saturated rings. The van der Waals surface area contributed by atoms with E-state index in [-0.39, 0.29) is 23.0 Å². The van der Waals surface area contributed by atoms with E-state index >= 15 is 0 Å². The van der Waals surface area contributed by atoms with E-state index in [1.165, 1.54) is 6.42 Å². The van der Waals surface area contributed by atoms with Crippen molar-refractivity contribution >= 4 is 5.91 Å². The second-order valence-electron chi connectivity index (χ2n) is 8.26. The normalized spacial score (nSPS) is 38.3. The molecule has 4 aliphatic carbocycles. The zero-order valence-corrected chi connectivity index (χ0v) is 14.8. The quantitative estimate of drug-likeness (QED) is 0.896. The Bertz CT molecular complexity index is 627. The second kappa shape index (κ2) is 5.55. The fourth-order valence-electron chi connectivity index (χ4n) is 5.97. The summed E-state index contributed by atoms with van der Waals surface area (Å²) in [6.45, 7) is 6.18. The number of carbonyl (C=O) groups is 1. The predicted molar refractivity (Wildman–Crippen MR) is 87.2 cm³/mol. The summed E-state index contributed by atoms with van der Waals surface area (Å²) in [7, 11) is 0. The summed E-state index contributed by atoms with van der Waals surface area (Å²) in [5.41, 5.74) is -0.139. The van der Waals surface area contributed by atoms with E-state index in [1.54, 1.807) is 6.92 Å². The first-order chi connectivity index (χ1) is 11.4. The molecule has 6 nitrogen and oxygen atoms in total. The van der Waals surface area contributed by atoms with Crippen LogP contribution in [0.2, 0.25) is 0 Å². The molecule has 0 aromatic carbocycles. The highest BCUT2D eigenvalue weighted by Crippen LogP contribution is 2.62. The summed E-state index contributed by atoms with van der Waals surface area (Å²) >= 11 is 0. The Hall–Kier alpha value is -1.43. The monoisotopic (exact) mass is 333 g/mol. The molecular formula is C18H27N3O3. The van der Waals surface area contributed by atoms with E-state index in [2.05, 4.69) is 10.5 Å². The van der Waals surface area contributed by atoms with Gasteiger partial charge in [-0.2, -0.15) is 4.98 Å². The number of nitrogens with zero attached hydrogens (tertiary/aromatic N) is 2. The number of hydrogen-bond donors (Lipinski definition) is 1. The van der Waals surface area contributed by atoms with Crippen molar-refractivity contribution in [3.8, 4) is 0 Å². The molecule has 132 valence electrons. The summed E-state index contributed by atoms with van der Waals surface area (Å²) in [4.78, 5) is 16.5. The minimum Gasteiger partial charge on any atom is -0.371 e. The van der Waals surface area contributed by atoms with E-state index < -0.39 is 0 Å². The molecule has 0 radical (unpaired) electrons. The maximum Gasteiger partial charge on any atom is 0.233 e. The van der Waals surface area contributed by atoms with Crippen LogP contribution in [0.4, 0.5) is 0 Å². The van der Waals surface area contributed by atoms with Crippen LogP contribution in [0.5, 0.6) is 0 Å². The van der Waals surface area contributed by atoms with Gasteiger partial charge in [0.05, 0.1) is 5.41 Å². The number of aromatic nitrogens is 2. The molecular weight excluding hydrogens is 306 g/mol. The van der Waals surface area contributed by atoms with Crippen LogP contribution in [-0.4, -0.2) is 28.2 Å². The predicted octanol–water partition coefficient (Wildman–Crippen LogP) is 2.89. The third-order valence-corrected chi connectivity index (χ3v) is 6.18. The van der Waals surface area contributed by atoms with Gasteiger partial charge in [-0.1, -0.05) is 5.16 Å². The number of hydrogen-bond acceptors (Lipinski definition) is 5. The Morgan fingerprint density at radius 1 is 1.38 bits per heavy atom. The van der Waals surface area contributed by atoms with Crippen molar-refractivity contribution in [1.29, 1.82) is 0 Å². The van der Waals surface area contributed by atoms with Crippen LogP contribution in [0.3, 0.4) is 0 Å². The van der Waals surface area contributed by atoms with E-state index in [0.717, 1.165) is 38.0 Å². The molecule has 4 bridgehead atoms. The highest BCUT2D eigenvalue weighted by Gasteiger charge is 2.60. The van der Waals surface area contributed by atoms with Gasteiger partial charge >= 0.3 is 0 Å². The summed E-state index contributed by atoms with van der Waals surface area (Å²) in [6.07, 6.45) is 6.47.